The van der Waals surface area contributed by atoms with E-state index < -0.39 is 10.8 Å². The van der Waals surface area contributed by atoms with Gasteiger partial charge in [-0.15, -0.1) is 11.3 Å². The standard InChI is InChI=1S/C12H19NOS2/c1-3-10-4-5-12(15-10)11-8-16(14)9(2)6-7-13-11/h4-5,9,11,13H,3,6-8H2,1-2H3. The fraction of sp³-hybridized carbons (Fsp3) is 0.667. The molecule has 1 fully saturated rings. The molecule has 90 valence electrons. The average molecular weight is 257 g/mol. The molecule has 1 saturated heterocycles. The molecule has 0 spiro atoms. The van der Waals surface area contributed by atoms with Crippen LogP contribution in [0.1, 0.15) is 36.1 Å². The van der Waals surface area contributed by atoms with Gasteiger partial charge in [-0.2, -0.15) is 0 Å². The third-order valence-corrected chi connectivity index (χ3v) is 6.23. The van der Waals surface area contributed by atoms with Gasteiger partial charge in [-0.25, -0.2) is 0 Å². The second-order valence-electron chi connectivity index (χ2n) is 4.31. The van der Waals surface area contributed by atoms with E-state index in [9.17, 15) is 4.21 Å². The number of thiophene rings is 1. The molecule has 1 aromatic heterocycles. The molecule has 1 aromatic rings. The summed E-state index contributed by atoms with van der Waals surface area (Å²) in [5.74, 6) is 0.769. The van der Waals surface area contributed by atoms with Crippen molar-refractivity contribution in [2.45, 2.75) is 38.0 Å². The Morgan fingerprint density at radius 1 is 1.56 bits per heavy atom. The Hall–Kier alpha value is -0.190. The van der Waals surface area contributed by atoms with E-state index in [1.807, 2.05) is 11.3 Å². The summed E-state index contributed by atoms with van der Waals surface area (Å²) in [5.41, 5.74) is 0. The minimum atomic E-state index is -0.681. The van der Waals surface area contributed by atoms with Crippen molar-refractivity contribution in [3.05, 3.63) is 21.9 Å². The van der Waals surface area contributed by atoms with E-state index in [1.165, 1.54) is 9.75 Å². The molecule has 0 bridgehead atoms. The molecular formula is C12H19NOS2. The molecule has 0 amide bonds. The van der Waals surface area contributed by atoms with Crippen molar-refractivity contribution in [3.63, 3.8) is 0 Å². The number of aryl methyl sites for hydroxylation is 1. The van der Waals surface area contributed by atoms with Gasteiger partial charge >= 0.3 is 0 Å². The molecule has 3 atom stereocenters. The van der Waals surface area contributed by atoms with E-state index >= 15 is 0 Å². The van der Waals surface area contributed by atoms with Gasteiger partial charge in [-0.3, -0.25) is 4.21 Å². The van der Waals surface area contributed by atoms with E-state index in [0.717, 1.165) is 25.1 Å². The summed E-state index contributed by atoms with van der Waals surface area (Å²) in [7, 11) is -0.681. The molecule has 2 nitrogen and oxygen atoms in total. The van der Waals surface area contributed by atoms with Crippen LogP contribution in [0.3, 0.4) is 0 Å². The highest BCUT2D eigenvalue weighted by Gasteiger charge is 2.23. The lowest BCUT2D eigenvalue weighted by atomic mass is 10.2. The molecule has 1 N–H and O–H groups in total. The number of hydrogen-bond acceptors (Lipinski definition) is 3. The first-order chi connectivity index (χ1) is 7.70. The third-order valence-electron chi connectivity index (χ3n) is 3.10. The Balaban J connectivity index is 2.11. The maximum Gasteiger partial charge on any atom is 0.0531 e. The number of rotatable bonds is 2. The summed E-state index contributed by atoms with van der Waals surface area (Å²) in [6.45, 7) is 5.25. The van der Waals surface area contributed by atoms with Gasteiger partial charge < -0.3 is 5.32 Å². The lowest BCUT2D eigenvalue weighted by Crippen LogP contribution is -2.22. The highest BCUT2D eigenvalue weighted by molar-refractivity contribution is 7.85. The molecular weight excluding hydrogens is 238 g/mol. The smallest absolute Gasteiger partial charge is 0.0531 e. The van der Waals surface area contributed by atoms with Gasteiger partial charge in [-0.1, -0.05) is 13.8 Å². The van der Waals surface area contributed by atoms with Crippen LogP contribution in [0.2, 0.25) is 0 Å². The summed E-state index contributed by atoms with van der Waals surface area (Å²) in [4.78, 5) is 2.76. The van der Waals surface area contributed by atoms with E-state index in [4.69, 9.17) is 0 Å². The minimum absolute atomic E-state index is 0.302. The summed E-state index contributed by atoms with van der Waals surface area (Å²) in [6, 6.07) is 4.68. The van der Waals surface area contributed by atoms with Crippen LogP contribution in [0, 0.1) is 0 Å². The molecule has 16 heavy (non-hydrogen) atoms. The maximum atomic E-state index is 11.9. The Labute approximate surface area is 104 Å². The molecule has 0 aromatic carbocycles. The zero-order valence-electron chi connectivity index (χ0n) is 9.86. The van der Waals surface area contributed by atoms with Crippen LogP contribution in [-0.4, -0.2) is 21.8 Å². The highest BCUT2D eigenvalue weighted by atomic mass is 32.2. The monoisotopic (exact) mass is 257 g/mol. The zero-order chi connectivity index (χ0) is 11.5. The van der Waals surface area contributed by atoms with Crippen LogP contribution >= 0.6 is 11.3 Å². The zero-order valence-corrected chi connectivity index (χ0v) is 11.5. The quantitative estimate of drug-likeness (QED) is 0.882. The van der Waals surface area contributed by atoms with Crippen LogP contribution in [-0.2, 0) is 17.2 Å². The SMILES string of the molecule is CCc1ccc(C2CS(=O)C(C)CCN2)s1. The average Bonchev–Trinajstić information content (AvgIpc) is 2.69. The minimum Gasteiger partial charge on any atom is -0.308 e. The molecule has 3 unspecified atom stereocenters. The second kappa shape index (κ2) is 5.43. The Morgan fingerprint density at radius 3 is 3.06 bits per heavy atom. The molecule has 1 aliphatic rings. The Kier molecular flexibility index (Phi) is 4.16. The summed E-state index contributed by atoms with van der Waals surface area (Å²) >= 11 is 1.85. The first-order valence-corrected chi connectivity index (χ1v) is 8.09. The lowest BCUT2D eigenvalue weighted by Gasteiger charge is -2.13. The summed E-state index contributed by atoms with van der Waals surface area (Å²) < 4.78 is 11.9. The topological polar surface area (TPSA) is 29.1 Å². The van der Waals surface area contributed by atoms with E-state index in [2.05, 4.69) is 31.3 Å². The first kappa shape index (κ1) is 12.3. The van der Waals surface area contributed by atoms with Gasteiger partial charge in [0.1, 0.15) is 0 Å². The Bertz CT molecular complexity index is 375. The van der Waals surface area contributed by atoms with Crippen molar-refractivity contribution in [2.24, 2.45) is 0 Å². The van der Waals surface area contributed by atoms with Gasteiger partial charge in [-0.05, 0) is 31.5 Å². The van der Waals surface area contributed by atoms with Crippen molar-refractivity contribution >= 4 is 22.1 Å². The maximum absolute atomic E-state index is 11.9. The lowest BCUT2D eigenvalue weighted by molar-refractivity contribution is 0.585. The van der Waals surface area contributed by atoms with E-state index in [-0.39, 0.29) is 0 Å². The van der Waals surface area contributed by atoms with Crippen molar-refractivity contribution in [1.82, 2.24) is 5.32 Å². The van der Waals surface area contributed by atoms with Gasteiger partial charge in [0.25, 0.3) is 0 Å². The number of nitrogens with one attached hydrogen (secondary N) is 1. The van der Waals surface area contributed by atoms with Crippen LogP contribution in [0.5, 0.6) is 0 Å². The van der Waals surface area contributed by atoms with E-state index in [1.54, 1.807) is 0 Å². The second-order valence-corrected chi connectivity index (χ2v) is 7.41. The fourth-order valence-corrected chi connectivity index (χ4v) is 4.40. The van der Waals surface area contributed by atoms with Crippen LogP contribution in [0.25, 0.3) is 0 Å². The molecule has 4 heteroatoms. The first-order valence-electron chi connectivity index (χ1n) is 5.90. The highest BCUT2D eigenvalue weighted by Crippen LogP contribution is 2.26. The normalized spacial score (nSPS) is 31.2. The largest absolute Gasteiger partial charge is 0.308 e. The predicted octanol–water partition coefficient (Wildman–Crippen LogP) is 2.48. The van der Waals surface area contributed by atoms with Gasteiger partial charge in [0.05, 0.1) is 6.04 Å². The van der Waals surface area contributed by atoms with Crippen molar-refractivity contribution < 1.29 is 4.21 Å². The molecule has 2 rings (SSSR count). The molecule has 2 heterocycles. The third kappa shape index (κ3) is 2.73. The van der Waals surface area contributed by atoms with Crippen molar-refractivity contribution in [3.8, 4) is 0 Å². The number of hydrogen-bond donors (Lipinski definition) is 1. The summed E-state index contributed by atoms with van der Waals surface area (Å²) in [6.07, 6.45) is 2.12. The summed E-state index contributed by atoms with van der Waals surface area (Å²) in [5, 5.41) is 3.85. The van der Waals surface area contributed by atoms with Gasteiger partial charge in [0.2, 0.25) is 0 Å². The molecule has 1 aliphatic heterocycles. The van der Waals surface area contributed by atoms with Crippen molar-refractivity contribution in [1.29, 1.82) is 0 Å². The van der Waals surface area contributed by atoms with Crippen LogP contribution < -0.4 is 5.32 Å². The Morgan fingerprint density at radius 2 is 2.38 bits per heavy atom. The van der Waals surface area contributed by atoms with Crippen LogP contribution in [0.4, 0.5) is 0 Å². The molecule has 0 saturated carbocycles. The molecule has 0 aliphatic carbocycles. The van der Waals surface area contributed by atoms with Gasteiger partial charge in [0.15, 0.2) is 0 Å². The van der Waals surface area contributed by atoms with Crippen LogP contribution in [0.15, 0.2) is 12.1 Å². The van der Waals surface area contributed by atoms with Gasteiger partial charge in [0, 0.05) is 31.6 Å². The van der Waals surface area contributed by atoms with E-state index in [0.29, 0.717) is 11.3 Å². The van der Waals surface area contributed by atoms with Crippen molar-refractivity contribution in [2.75, 3.05) is 12.3 Å². The molecule has 0 radical (unpaired) electrons. The predicted molar refractivity (Wildman–Crippen MR) is 71.5 cm³/mol. The fourth-order valence-electron chi connectivity index (χ4n) is 1.93.